The molecular formula is C19H19N3O2S. The molecule has 1 amide bonds. The summed E-state index contributed by atoms with van der Waals surface area (Å²) in [6.45, 7) is 1.71. The molecule has 3 rings (SSSR count). The minimum atomic E-state index is -0.481. The Morgan fingerprint density at radius 3 is 2.64 bits per heavy atom. The maximum Gasteiger partial charge on any atom is 0.284 e. The molecule has 2 heterocycles. The molecular weight excluding hydrogens is 334 g/mol. The molecule has 3 aromatic rings. The first-order valence-corrected chi connectivity index (χ1v) is 8.81. The quantitative estimate of drug-likeness (QED) is 0.346. The van der Waals surface area contributed by atoms with Crippen molar-refractivity contribution >= 4 is 17.2 Å². The summed E-state index contributed by atoms with van der Waals surface area (Å²) >= 11 is 1.35. The fourth-order valence-corrected chi connectivity index (χ4v) is 3.37. The number of hydroxylamine groups is 1. The van der Waals surface area contributed by atoms with Gasteiger partial charge in [0.15, 0.2) is 0 Å². The van der Waals surface area contributed by atoms with E-state index in [9.17, 15) is 4.79 Å². The van der Waals surface area contributed by atoms with E-state index in [0.29, 0.717) is 4.88 Å². The fourth-order valence-electron chi connectivity index (χ4n) is 2.47. The van der Waals surface area contributed by atoms with Crippen LogP contribution in [0.5, 0.6) is 0 Å². The zero-order chi connectivity index (χ0) is 17.5. The lowest BCUT2D eigenvalue weighted by atomic mass is 10.1. The van der Waals surface area contributed by atoms with E-state index in [1.54, 1.807) is 17.7 Å². The summed E-state index contributed by atoms with van der Waals surface area (Å²) in [6.07, 6.45) is 4.63. The molecule has 0 atom stereocenters. The number of carbonyl (C=O) groups is 1. The second kappa shape index (κ2) is 8.53. The third-order valence-corrected chi connectivity index (χ3v) is 4.95. The first kappa shape index (κ1) is 17.3. The van der Waals surface area contributed by atoms with Crippen LogP contribution in [-0.4, -0.2) is 22.6 Å². The molecule has 0 radical (unpaired) electrons. The minimum Gasteiger partial charge on any atom is -0.312 e. The van der Waals surface area contributed by atoms with E-state index in [0.717, 1.165) is 30.0 Å². The normalized spacial score (nSPS) is 10.6. The topological polar surface area (TPSA) is 74.2 Å². The maximum absolute atomic E-state index is 11.4. The Morgan fingerprint density at radius 2 is 1.92 bits per heavy atom. The Morgan fingerprint density at radius 1 is 1.08 bits per heavy atom. The van der Waals surface area contributed by atoms with Crippen molar-refractivity contribution in [2.45, 2.75) is 13.0 Å². The monoisotopic (exact) mass is 353 g/mol. The molecule has 0 aliphatic carbocycles. The van der Waals surface area contributed by atoms with Crippen molar-refractivity contribution in [1.82, 2.24) is 15.8 Å². The SMILES string of the molecule is O=C(NO)c1ccc(-c2ccc(CNCCc3cccnc3)cc2)s1. The van der Waals surface area contributed by atoms with E-state index >= 15 is 0 Å². The number of carbonyl (C=O) groups excluding carboxylic acids is 1. The average molecular weight is 353 g/mol. The number of pyridine rings is 1. The number of aromatic nitrogens is 1. The summed E-state index contributed by atoms with van der Waals surface area (Å²) in [5, 5.41) is 12.1. The second-order valence-corrected chi connectivity index (χ2v) is 6.67. The number of rotatable bonds is 7. The van der Waals surface area contributed by atoms with Gasteiger partial charge in [0.25, 0.3) is 5.91 Å². The van der Waals surface area contributed by atoms with Crippen molar-refractivity contribution < 1.29 is 10.0 Å². The lowest BCUT2D eigenvalue weighted by Crippen LogP contribution is -2.16. The van der Waals surface area contributed by atoms with Crippen LogP contribution in [0, 0.1) is 0 Å². The van der Waals surface area contributed by atoms with Gasteiger partial charge < -0.3 is 5.32 Å². The third-order valence-electron chi connectivity index (χ3n) is 3.81. The molecule has 0 bridgehead atoms. The maximum atomic E-state index is 11.4. The first-order chi connectivity index (χ1) is 12.3. The lowest BCUT2D eigenvalue weighted by Gasteiger charge is -2.06. The van der Waals surface area contributed by atoms with Crippen LogP contribution in [-0.2, 0) is 13.0 Å². The van der Waals surface area contributed by atoms with Gasteiger partial charge in [0, 0.05) is 23.8 Å². The van der Waals surface area contributed by atoms with Crippen molar-refractivity contribution in [3.05, 3.63) is 76.9 Å². The van der Waals surface area contributed by atoms with Crippen LogP contribution >= 0.6 is 11.3 Å². The van der Waals surface area contributed by atoms with Crippen LogP contribution in [0.1, 0.15) is 20.8 Å². The number of nitrogens with zero attached hydrogens (tertiary/aromatic N) is 1. The molecule has 128 valence electrons. The largest absolute Gasteiger partial charge is 0.312 e. The summed E-state index contributed by atoms with van der Waals surface area (Å²) in [4.78, 5) is 17.0. The van der Waals surface area contributed by atoms with Crippen molar-refractivity contribution in [3.63, 3.8) is 0 Å². The Labute approximate surface area is 150 Å². The minimum absolute atomic E-state index is 0.481. The zero-order valence-corrected chi connectivity index (χ0v) is 14.4. The van der Waals surface area contributed by atoms with Gasteiger partial charge in [-0.2, -0.15) is 0 Å². The highest BCUT2D eigenvalue weighted by atomic mass is 32.1. The number of benzene rings is 1. The van der Waals surface area contributed by atoms with E-state index in [1.807, 2.05) is 30.5 Å². The Bertz CT molecular complexity index is 816. The van der Waals surface area contributed by atoms with E-state index in [-0.39, 0.29) is 0 Å². The highest BCUT2D eigenvalue weighted by molar-refractivity contribution is 7.17. The highest BCUT2D eigenvalue weighted by Crippen LogP contribution is 2.28. The van der Waals surface area contributed by atoms with Crippen molar-refractivity contribution in [2.75, 3.05) is 6.54 Å². The Kier molecular flexibility index (Phi) is 5.90. The van der Waals surface area contributed by atoms with Crippen LogP contribution in [0.3, 0.4) is 0 Å². The summed E-state index contributed by atoms with van der Waals surface area (Å²) in [6, 6.07) is 15.9. The molecule has 25 heavy (non-hydrogen) atoms. The van der Waals surface area contributed by atoms with Crippen LogP contribution in [0.15, 0.2) is 60.9 Å². The van der Waals surface area contributed by atoms with Crippen molar-refractivity contribution in [2.24, 2.45) is 0 Å². The van der Waals surface area contributed by atoms with E-state index in [4.69, 9.17) is 5.21 Å². The third kappa shape index (κ3) is 4.73. The number of amides is 1. The van der Waals surface area contributed by atoms with Gasteiger partial charge in [-0.1, -0.05) is 30.3 Å². The molecule has 0 unspecified atom stereocenters. The first-order valence-electron chi connectivity index (χ1n) is 7.99. The summed E-state index contributed by atoms with van der Waals surface area (Å²) in [7, 11) is 0. The smallest absolute Gasteiger partial charge is 0.284 e. The predicted molar refractivity (Wildman–Crippen MR) is 98.7 cm³/mol. The fraction of sp³-hybridized carbons (Fsp3) is 0.158. The van der Waals surface area contributed by atoms with Gasteiger partial charge in [-0.05, 0) is 47.9 Å². The standard InChI is InChI=1S/C19H19N3O2S/c23-19(22-24)18-8-7-17(25-18)16-5-3-15(4-6-16)13-21-11-9-14-2-1-10-20-12-14/h1-8,10,12,21,24H,9,11,13H2,(H,22,23). The van der Waals surface area contributed by atoms with E-state index < -0.39 is 5.91 Å². The van der Waals surface area contributed by atoms with Gasteiger partial charge in [-0.3, -0.25) is 15.0 Å². The van der Waals surface area contributed by atoms with Gasteiger partial charge in [0.1, 0.15) is 0 Å². The summed E-state index contributed by atoms with van der Waals surface area (Å²) in [5.74, 6) is -0.481. The summed E-state index contributed by atoms with van der Waals surface area (Å²) < 4.78 is 0. The van der Waals surface area contributed by atoms with Gasteiger partial charge in [-0.25, -0.2) is 5.48 Å². The number of hydrogen-bond donors (Lipinski definition) is 3. The van der Waals surface area contributed by atoms with Crippen LogP contribution in [0.25, 0.3) is 10.4 Å². The lowest BCUT2D eigenvalue weighted by molar-refractivity contribution is 0.0711. The van der Waals surface area contributed by atoms with Crippen molar-refractivity contribution in [1.29, 1.82) is 0 Å². The average Bonchev–Trinajstić information content (AvgIpc) is 3.16. The Hall–Kier alpha value is -2.54. The molecule has 1 aromatic carbocycles. The molecule has 0 aliphatic rings. The summed E-state index contributed by atoms with van der Waals surface area (Å²) in [5.41, 5.74) is 5.15. The van der Waals surface area contributed by atoms with Gasteiger partial charge >= 0.3 is 0 Å². The molecule has 0 fully saturated rings. The molecule has 0 saturated carbocycles. The predicted octanol–water partition coefficient (Wildman–Crippen LogP) is 3.26. The van der Waals surface area contributed by atoms with Gasteiger partial charge in [0.05, 0.1) is 4.88 Å². The molecule has 0 spiro atoms. The highest BCUT2D eigenvalue weighted by Gasteiger charge is 2.09. The molecule has 3 N–H and O–H groups in total. The number of nitrogens with one attached hydrogen (secondary N) is 2. The molecule has 6 heteroatoms. The number of hydrogen-bond acceptors (Lipinski definition) is 5. The second-order valence-electron chi connectivity index (χ2n) is 5.59. The molecule has 0 aliphatic heterocycles. The van der Waals surface area contributed by atoms with Crippen LogP contribution < -0.4 is 10.8 Å². The molecule has 2 aromatic heterocycles. The van der Waals surface area contributed by atoms with Crippen molar-refractivity contribution in [3.8, 4) is 10.4 Å². The van der Waals surface area contributed by atoms with E-state index in [2.05, 4.69) is 28.5 Å². The number of thiophene rings is 1. The molecule has 0 saturated heterocycles. The Balaban J connectivity index is 1.52. The van der Waals surface area contributed by atoms with Gasteiger partial charge in [-0.15, -0.1) is 11.3 Å². The van der Waals surface area contributed by atoms with Crippen LogP contribution in [0.4, 0.5) is 0 Å². The molecule has 5 nitrogen and oxygen atoms in total. The van der Waals surface area contributed by atoms with Crippen LogP contribution in [0.2, 0.25) is 0 Å². The zero-order valence-electron chi connectivity index (χ0n) is 13.6. The van der Waals surface area contributed by atoms with Gasteiger partial charge in [0.2, 0.25) is 0 Å². The van der Waals surface area contributed by atoms with E-state index in [1.165, 1.54) is 22.5 Å².